The number of amides is 2. The second-order valence-electron chi connectivity index (χ2n) is 5.14. The molecule has 1 aliphatic rings. The Morgan fingerprint density at radius 3 is 2.67 bits per heavy atom. The minimum Gasteiger partial charge on any atom is -0.353 e. The van der Waals surface area contributed by atoms with E-state index in [0.29, 0.717) is 6.07 Å². The van der Waals surface area contributed by atoms with Gasteiger partial charge in [-0.1, -0.05) is 13.8 Å². The zero-order valence-corrected chi connectivity index (χ0v) is 11.5. The molecule has 1 saturated heterocycles. The molecule has 2 rings (SSSR count). The van der Waals surface area contributed by atoms with Gasteiger partial charge in [-0.05, 0) is 5.92 Å². The fourth-order valence-electron chi connectivity index (χ4n) is 2.30. The summed E-state index contributed by atoms with van der Waals surface area (Å²) in [5.41, 5.74) is -1.43. The molecular weight excluding hydrogens is 289 g/mol. The van der Waals surface area contributed by atoms with Crippen LogP contribution in [0.3, 0.4) is 0 Å². The van der Waals surface area contributed by atoms with Crippen molar-refractivity contribution < 1.29 is 22.8 Å². The molecule has 21 heavy (non-hydrogen) atoms. The molecule has 0 aliphatic carbocycles. The molecule has 0 saturated carbocycles. The summed E-state index contributed by atoms with van der Waals surface area (Å²) in [5, 5.41) is 7.84. The second kappa shape index (κ2) is 5.38. The van der Waals surface area contributed by atoms with Gasteiger partial charge in [0.25, 0.3) is 5.91 Å². The summed E-state index contributed by atoms with van der Waals surface area (Å²) in [7, 11) is 0. The molecule has 1 aromatic heterocycles. The van der Waals surface area contributed by atoms with Gasteiger partial charge in [0.05, 0.1) is 0 Å². The van der Waals surface area contributed by atoms with E-state index >= 15 is 0 Å². The number of hydrogen-bond donors (Lipinski definition) is 2. The smallest absolute Gasteiger partial charge is 0.353 e. The number of carbonyl (C=O) groups is 2. The molecule has 2 heterocycles. The molecule has 0 unspecified atom stereocenters. The fraction of sp³-hybridized carbons (Fsp3) is 0.583. The first-order valence-electron chi connectivity index (χ1n) is 6.43. The largest absolute Gasteiger partial charge is 0.432 e. The highest BCUT2D eigenvalue weighted by Crippen LogP contribution is 2.28. The summed E-state index contributed by atoms with van der Waals surface area (Å²) in [5.74, 6) is -1.15. The maximum Gasteiger partial charge on any atom is 0.432 e. The average Bonchev–Trinajstić information content (AvgIpc) is 2.86. The fourth-order valence-corrected chi connectivity index (χ4v) is 2.30. The molecule has 0 radical (unpaired) electrons. The molecule has 6 nitrogen and oxygen atoms in total. The van der Waals surface area contributed by atoms with E-state index < -0.39 is 23.8 Å². The first kappa shape index (κ1) is 15.3. The minimum absolute atomic E-state index is 0.157. The van der Waals surface area contributed by atoms with Gasteiger partial charge in [-0.15, -0.1) is 0 Å². The number of nitrogens with one attached hydrogen (secondary N) is 2. The highest BCUT2D eigenvalue weighted by molar-refractivity contribution is 5.97. The molecule has 1 fully saturated rings. The number of nitrogens with zero attached hydrogens (tertiary/aromatic N) is 2. The minimum atomic E-state index is -4.59. The average molecular weight is 304 g/mol. The lowest BCUT2D eigenvalue weighted by atomic mass is 9.99. The molecule has 2 amide bonds. The van der Waals surface area contributed by atoms with Gasteiger partial charge in [-0.3, -0.25) is 14.7 Å². The van der Waals surface area contributed by atoms with Crippen LogP contribution < -0.4 is 5.32 Å². The van der Waals surface area contributed by atoms with Crippen molar-refractivity contribution in [2.75, 3.05) is 13.1 Å². The van der Waals surface area contributed by atoms with Crippen molar-refractivity contribution in [2.24, 2.45) is 5.92 Å². The number of aromatic amines is 1. The monoisotopic (exact) mass is 304 g/mol. The molecule has 116 valence electrons. The Labute approximate surface area is 118 Å². The summed E-state index contributed by atoms with van der Waals surface area (Å²) in [6.07, 6.45) is -4.59. The first-order valence-corrected chi connectivity index (χ1v) is 6.43. The third-order valence-corrected chi connectivity index (χ3v) is 3.25. The van der Waals surface area contributed by atoms with Crippen LogP contribution in [0.2, 0.25) is 0 Å². The van der Waals surface area contributed by atoms with E-state index in [2.05, 4.69) is 10.4 Å². The van der Waals surface area contributed by atoms with Gasteiger partial charge in [0, 0.05) is 19.2 Å². The molecular formula is C12H15F3N4O2. The van der Waals surface area contributed by atoms with Crippen LogP contribution in [0.25, 0.3) is 0 Å². The van der Waals surface area contributed by atoms with Gasteiger partial charge in [-0.2, -0.15) is 18.3 Å². The lowest BCUT2D eigenvalue weighted by Gasteiger charge is -2.36. The van der Waals surface area contributed by atoms with E-state index in [4.69, 9.17) is 0 Å². The number of halogens is 3. The van der Waals surface area contributed by atoms with Gasteiger partial charge in [0.15, 0.2) is 5.69 Å². The van der Waals surface area contributed by atoms with Crippen LogP contribution in [0.4, 0.5) is 13.2 Å². The summed E-state index contributed by atoms with van der Waals surface area (Å²) in [4.78, 5) is 25.4. The predicted molar refractivity (Wildman–Crippen MR) is 66.3 cm³/mol. The molecule has 2 N–H and O–H groups in total. The normalized spacial score (nSPS) is 19.8. The molecule has 0 bridgehead atoms. The lowest BCUT2D eigenvalue weighted by molar-refractivity contribution is -0.141. The summed E-state index contributed by atoms with van der Waals surface area (Å²) >= 11 is 0. The number of H-pyrrole nitrogens is 1. The number of hydrogen-bond acceptors (Lipinski definition) is 3. The van der Waals surface area contributed by atoms with Crippen molar-refractivity contribution in [2.45, 2.75) is 26.1 Å². The van der Waals surface area contributed by atoms with Gasteiger partial charge in [-0.25, -0.2) is 0 Å². The van der Waals surface area contributed by atoms with Gasteiger partial charge in [0.1, 0.15) is 11.7 Å². The van der Waals surface area contributed by atoms with Gasteiger partial charge >= 0.3 is 6.18 Å². The van der Waals surface area contributed by atoms with Crippen molar-refractivity contribution in [3.63, 3.8) is 0 Å². The molecule has 1 atom stereocenters. The first-order chi connectivity index (χ1) is 9.71. The Bertz CT molecular complexity index is 553. The summed E-state index contributed by atoms with van der Waals surface area (Å²) in [6.45, 7) is 4.04. The third-order valence-electron chi connectivity index (χ3n) is 3.25. The Morgan fingerprint density at radius 1 is 1.48 bits per heavy atom. The second-order valence-corrected chi connectivity index (χ2v) is 5.14. The zero-order valence-electron chi connectivity index (χ0n) is 11.5. The van der Waals surface area contributed by atoms with Crippen molar-refractivity contribution in [3.8, 4) is 0 Å². The van der Waals surface area contributed by atoms with E-state index in [1.54, 1.807) is 18.9 Å². The number of piperazine rings is 1. The highest BCUT2D eigenvalue weighted by Gasteiger charge is 2.38. The third kappa shape index (κ3) is 3.01. The standard InChI is InChI=1S/C12H15F3N4O2/c1-6(2)9-10(20)16-3-4-19(9)11(21)7-5-8(18-17-7)12(13,14)15/h5-6,9H,3-4H2,1-2H3,(H,16,20)(H,17,18)/t9-/m0/s1. The summed E-state index contributed by atoms with van der Waals surface area (Å²) < 4.78 is 37.5. The molecule has 1 aliphatic heterocycles. The lowest BCUT2D eigenvalue weighted by Crippen LogP contribution is -2.59. The Hall–Kier alpha value is -2.06. The quantitative estimate of drug-likeness (QED) is 0.856. The van der Waals surface area contributed by atoms with E-state index in [-0.39, 0.29) is 30.6 Å². The van der Waals surface area contributed by atoms with E-state index in [1.165, 1.54) is 4.90 Å². The van der Waals surface area contributed by atoms with Crippen LogP contribution in [0, 0.1) is 5.92 Å². The Balaban J connectivity index is 2.25. The van der Waals surface area contributed by atoms with E-state index in [0.717, 1.165) is 0 Å². The number of alkyl halides is 3. The molecule has 0 spiro atoms. The van der Waals surface area contributed by atoms with Crippen molar-refractivity contribution >= 4 is 11.8 Å². The molecule has 1 aromatic rings. The molecule has 0 aromatic carbocycles. The van der Waals surface area contributed by atoms with E-state index in [1.807, 2.05) is 0 Å². The van der Waals surface area contributed by atoms with Crippen molar-refractivity contribution in [1.82, 2.24) is 20.4 Å². The van der Waals surface area contributed by atoms with Crippen LogP contribution in [0.15, 0.2) is 6.07 Å². The van der Waals surface area contributed by atoms with Crippen molar-refractivity contribution in [1.29, 1.82) is 0 Å². The van der Waals surface area contributed by atoms with Crippen LogP contribution in [0.1, 0.15) is 30.0 Å². The topological polar surface area (TPSA) is 78.1 Å². The predicted octanol–water partition coefficient (Wildman–Crippen LogP) is 1.03. The molecule has 9 heteroatoms. The van der Waals surface area contributed by atoms with Gasteiger partial charge < -0.3 is 10.2 Å². The van der Waals surface area contributed by atoms with Crippen LogP contribution >= 0.6 is 0 Å². The number of aromatic nitrogens is 2. The highest BCUT2D eigenvalue weighted by atomic mass is 19.4. The van der Waals surface area contributed by atoms with E-state index in [9.17, 15) is 22.8 Å². The van der Waals surface area contributed by atoms with Crippen LogP contribution in [-0.4, -0.2) is 46.0 Å². The Morgan fingerprint density at radius 2 is 2.14 bits per heavy atom. The maximum atomic E-state index is 12.5. The zero-order chi connectivity index (χ0) is 15.8. The van der Waals surface area contributed by atoms with Crippen molar-refractivity contribution in [3.05, 3.63) is 17.5 Å². The van der Waals surface area contributed by atoms with Crippen LogP contribution in [-0.2, 0) is 11.0 Å². The Kier molecular flexibility index (Phi) is 3.93. The van der Waals surface area contributed by atoms with Gasteiger partial charge in [0.2, 0.25) is 5.91 Å². The maximum absolute atomic E-state index is 12.5. The number of rotatable bonds is 2. The summed E-state index contributed by atoms with van der Waals surface area (Å²) in [6, 6.07) is -0.0519. The SMILES string of the molecule is CC(C)[C@H]1C(=O)NCCN1C(=O)c1cc(C(F)(F)F)[nH]n1. The number of carbonyl (C=O) groups excluding carboxylic acids is 2. The van der Waals surface area contributed by atoms with Crippen LogP contribution in [0.5, 0.6) is 0 Å².